The Hall–Kier alpha value is -7.26. The van der Waals surface area contributed by atoms with Gasteiger partial charge in [-0.05, 0) is 98.5 Å². The Morgan fingerprint density at radius 1 is 0.612 bits per heavy atom. The quantitative estimate of drug-likeness (QED) is 0.0636. The molecule has 67 heavy (non-hydrogen) atoms. The van der Waals surface area contributed by atoms with Gasteiger partial charge in [-0.2, -0.15) is 0 Å². The molecule has 360 valence electrons. The Balaban J connectivity index is 1.31. The molecule has 2 aliphatic rings. The molecule has 21 heteroatoms. The SMILES string of the molecule is C[C@@H](O)[C@H](NC(=O)[C@H](CCC(=O)O)NC(=O)[C@H](Cc1ccc(O)cc1)NC(=O)[C@@H]1CCCN1C(=O)[C@@H]1CCCN1C(=O)[C@@H](N)Cc1ccc(O)cc1)C(=O)N[C@@H](Cc1ccc(O)cc1)C(=O)O. The molecule has 0 aromatic heterocycles. The van der Waals surface area contributed by atoms with Crippen molar-refractivity contribution in [3.63, 3.8) is 0 Å². The van der Waals surface area contributed by atoms with Crippen LogP contribution in [0.4, 0.5) is 0 Å². The summed E-state index contributed by atoms with van der Waals surface area (Å²) in [7, 11) is 0. The van der Waals surface area contributed by atoms with Gasteiger partial charge in [0, 0.05) is 32.4 Å². The zero-order valence-electron chi connectivity index (χ0n) is 36.7. The van der Waals surface area contributed by atoms with Crippen molar-refractivity contribution in [1.82, 2.24) is 31.1 Å². The number of likely N-dealkylation sites (tertiary alicyclic amines) is 2. The number of phenolic OH excluding ortho intramolecular Hbond substituents is 3. The van der Waals surface area contributed by atoms with Gasteiger partial charge in [0.2, 0.25) is 35.4 Å². The van der Waals surface area contributed by atoms with E-state index >= 15 is 0 Å². The van der Waals surface area contributed by atoms with E-state index in [1.54, 1.807) is 12.1 Å². The normalized spacial score (nSPS) is 18.4. The molecule has 0 aliphatic carbocycles. The van der Waals surface area contributed by atoms with Crippen LogP contribution in [0.15, 0.2) is 72.8 Å². The van der Waals surface area contributed by atoms with Crippen LogP contribution in [0.25, 0.3) is 0 Å². The fourth-order valence-electron chi connectivity index (χ4n) is 8.11. The van der Waals surface area contributed by atoms with Gasteiger partial charge in [-0.3, -0.25) is 33.6 Å². The van der Waals surface area contributed by atoms with Crippen molar-refractivity contribution in [3.05, 3.63) is 89.5 Å². The number of nitrogens with one attached hydrogen (secondary N) is 4. The molecule has 5 rings (SSSR count). The van der Waals surface area contributed by atoms with Crippen LogP contribution in [0.2, 0.25) is 0 Å². The lowest BCUT2D eigenvalue weighted by Gasteiger charge is -2.33. The Kier molecular flexibility index (Phi) is 17.6. The lowest BCUT2D eigenvalue weighted by atomic mass is 10.0. The monoisotopic (exact) mass is 931 g/mol. The first-order chi connectivity index (χ1) is 31.8. The minimum Gasteiger partial charge on any atom is -0.508 e. The number of carbonyl (C=O) groups excluding carboxylic acids is 6. The number of amides is 6. The number of aliphatic carboxylic acids is 2. The third kappa shape index (κ3) is 14.1. The number of aliphatic hydroxyl groups excluding tert-OH is 1. The van der Waals surface area contributed by atoms with Crippen LogP contribution in [-0.2, 0) is 57.6 Å². The highest BCUT2D eigenvalue weighted by atomic mass is 16.4. The number of nitrogens with two attached hydrogens (primary N) is 1. The first-order valence-electron chi connectivity index (χ1n) is 21.9. The maximum absolute atomic E-state index is 14.2. The molecule has 8 atom stereocenters. The summed E-state index contributed by atoms with van der Waals surface area (Å²) in [5, 5.41) is 68.7. The first-order valence-corrected chi connectivity index (χ1v) is 21.9. The molecule has 2 heterocycles. The number of nitrogens with zero attached hydrogens (tertiary/aromatic N) is 2. The molecular weight excluding hydrogens is 875 g/mol. The maximum atomic E-state index is 14.2. The van der Waals surface area contributed by atoms with Gasteiger partial charge in [-0.25, -0.2) is 4.79 Å². The molecule has 21 nitrogen and oxygen atoms in total. The van der Waals surface area contributed by atoms with Crippen LogP contribution in [-0.4, -0.2) is 149 Å². The van der Waals surface area contributed by atoms with Crippen molar-refractivity contribution in [1.29, 1.82) is 0 Å². The molecule has 0 bridgehead atoms. The largest absolute Gasteiger partial charge is 0.508 e. The van der Waals surface area contributed by atoms with Crippen molar-refractivity contribution < 1.29 is 69.0 Å². The molecule has 2 fully saturated rings. The molecule has 2 saturated heterocycles. The zero-order valence-corrected chi connectivity index (χ0v) is 36.7. The van der Waals surface area contributed by atoms with Gasteiger partial charge in [-0.15, -0.1) is 0 Å². The van der Waals surface area contributed by atoms with E-state index < -0.39 is 109 Å². The van der Waals surface area contributed by atoms with Crippen LogP contribution < -0.4 is 27.0 Å². The summed E-state index contributed by atoms with van der Waals surface area (Å²) in [4.78, 5) is 110. The van der Waals surface area contributed by atoms with E-state index in [1.165, 1.54) is 70.5 Å². The van der Waals surface area contributed by atoms with Gasteiger partial charge < -0.3 is 67.4 Å². The molecule has 3 aromatic rings. The predicted molar refractivity (Wildman–Crippen MR) is 237 cm³/mol. The van der Waals surface area contributed by atoms with Gasteiger partial charge in [0.15, 0.2) is 0 Å². The van der Waals surface area contributed by atoms with Crippen LogP contribution in [0.3, 0.4) is 0 Å². The molecule has 12 N–H and O–H groups in total. The van der Waals surface area contributed by atoms with E-state index in [1.807, 2.05) is 0 Å². The van der Waals surface area contributed by atoms with Crippen LogP contribution in [0, 0.1) is 0 Å². The number of rotatable bonds is 21. The van der Waals surface area contributed by atoms with E-state index in [0.29, 0.717) is 36.0 Å². The van der Waals surface area contributed by atoms with Gasteiger partial charge in [-0.1, -0.05) is 36.4 Å². The van der Waals surface area contributed by atoms with Crippen LogP contribution in [0.5, 0.6) is 17.2 Å². The van der Waals surface area contributed by atoms with Crippen molar-refractivity contribution >= 4 is 47.4 Å². The number of carboxylic acid groups (broad SMARTS) is 2. The first kappa shape index (κ1) is 50.7. The van der Waals surface area contributed by atoms with E-state index in [-0.39, 0.29) is 56.0 Å². The van der Waals surface area contributed by atoms with Crippen molar-refractivity contribution in [2.75, 3.05) is 13.1 Å². The Labute approximate surface area is 385 Å². The number of benzene rings is 3. The lowest BCUT2D eigenvalue weighted by molar-refractivity contribution is -0.147. The fourth-order valence-corrected chi connectivity index (χ4v) is 8.11. The highest BCUT2D eigenvalue weighted by Gasteiger charge is 2.44. The zero-order chi connectivity index (χ0) is 48.9. The second-order valence-corrected chi connectivity index (χ2v) is 16.8. The summed E-state index contributed by atoms with van der Waals surface area (Å²) in [5.74, 6) is -7.79. The molecule has 0 saturated carbocycles. The number of carbonyl (C=O) groups is 8. The van der Waals surface area contributed by atoms with E-state index in [2.05, 4.69) is 21.3 Å². The smallest absolute Gasteiger partial charge is 0.326 e. The minimum absolute atomic E-state index is 0.0535. The number of aliphatic hydroxyl groups is 1. The highest BCUT2D eigenvalue weighted by Crippen LogP contribution is 2.26. The molecule has 3 aromatic carbocycles. The molecule has 0 radical (unpaired) electrons. The van der Waals surface area contributed by atoms with Crippen molar-refractivity contribution in [3.8, 4) is 17.2 Å². The second kappa shape index (κ2) is 23.3. The Bertz CT molecular complexity index is 2260. The second-order valence-electron chi connectivity index (χ2n) is 16.8. The van der Waals surface area contributed by atoms with Crippen LogP contribution >= 0.6 is 0 Å². The van der Waals surface area contributed by atoms with Crippen molar-refractivity contribution in [2.45, 2.75) is 113 Å². The summed E-state index contributed by atoms with van der Waals surface area (Å²) < 4.78 is 0. The standard InChI is InChI=1S/C46H57N7O14/c1-25(54)39(43(63)50-35(46(66)67)24-28-10-16-31(57)17-11-28)51-40(60)33(18-19-38(58)59)48-41(61)34(23-27-8-14-30(56)15-9-27)49-42(62)36-4-2-20-52(36)45(65)37-5-3-21-53(37)44(64)32(47)22-26-6-12-29(55)13-7-26/h6-17,25,32-37,39,54-57H,2-5,18-24,47H2,1H3,(H,48,61)(H,49,62)(H,50,63)(H,51,60)(H,58,59)(H,66,67)/t25-,32+,33+,34+,35+,36+,37+,39+/m1/s1. The number of hydrogen-bond donors (Lipinski definition) is 11. The van der Waals surface area contributed by atoms with Crippen LogP contribution in [0.1, 0.15) is 62.1 Å². The maximum Gasteiger partial charge on any atom is 0.326 e. The molecule has 2 aliphatic heterocycles. The minimum atomic E-state index is -1.79. The number of phenols is 3. The lowest BCUT2D eigenvalue weighted by Crippen LogP contribution is -2.61. The Morgan fingerprint density at radius 2 is 1.07 bits per heavy atom. The summed E-state index contributed by atoms with van der Waals surface area (Å²) >= 11 is 0. The fraction of sp³-hybridized carbons (Fsp3) is 0.435. The molecular formula is C46H57N7O14. The van der Waals surface area contributed by atoms with Gasteiger partial charge in [0.25, 0.3) is 0 Å². The van der Waals surface area contributed by atoms with E-state index in [0.717, 1.165) is 6.92 Å². The summed E-state index contributed by atoms with van der Waals surface area (Å²) in [6.07, 6.45) is -1.66. The summed E-state index contributed by atoms with van der Waals surface area (Å²) in [6.45, 7) is 1.58. The average Bonchev–Trinajstić information content (AvgIpc) is 3.99. The van der Waals surface area contributed by atoms with Gasteiger partial charge in [0.1, 0.15) is 53.5 Å². The van der Waals surface area contributed by atoms with E-state index in [4.69, 9.17) is 5.73 Å². The number of carboxylic acids is 2. The summed E-state index contributed by atoms with van der Waals surface area (Å²) in [6, 6.07) is 7.95. The Morgan fingerprint density at radius 3 is 1.58 bits per heavy atom. The number of aromatic hydroxyl groups is 3. The van der Waals surface area contributed by atoms with Gasteiger partial charge >= 0.3 is 11.9 Å². The highest BCUT2D eigenvalue weighted by molar-refractivity contribution is 5.97. The predicted octanol–water partition coefficient (Wildman–Crippen LogP) is -0.590. The molecule has 6 amide bonds. The number of hydrogen-bond acceptors (Lipinski definition) is 13. The average molecular weight is 932 g/mol. The van der Waals surface area contributed by atoms with Gasteiger partial charge in [0.05, 0.1) is 12.1 Å². The topological polar surface area (TPSA) is 339 Å². The molecule has 0 unspecified atom stereocenters. The third-order valence-electron chi connectivity index (χ3n) is 11.7. The molecule has 0 spiro atoms. The van der Waals surface area contributed by atoms with E-state index in [9.17, 15) is 69.0 Å². The third-order valence-corrected chi connectivity index (χ3v) is 11.7. The van der Waals surface area contributed by atoms with Crippen molar-refractivity contribution in [2.24, 2.45) is 5.73 Å². The summed E-state index contributed by atoms with van der Waals surface area (Å²) in [5.41, 5.74) is 7.88.